The fourth-order valence-corrected chi connectivity index (χ4v) is 2.57. The van der Waals surface area contributed by atoms with Gasteiger partial charge in [0, 0.05) is 11.6 Å². The smallest absolute Gasteiger partial charge is 0.162 e. The third kappa shape index (κ3) is 2.25. The van der Waals surface area contributed by atoms with Crippen LogP contribution in [0.4, 0.5) is 0 Å². The van der Waals surface area contributed by atoms with Gasteiger partial charge in [0.15, 0.2) is 11.5 Å². The molecule has 3 nitrogen and oxygen atoms in total. The molecule has 1 fully saturated rings. The number of benzene rings is 1. The van der Waals surface area contributed by atoms with Gasteiger partial charge in [0.25, 0.3) is 0 Å². The first-order valence-electron chi connectivity index (χ1n) is 6.28. The van der Waals surface area contributed by atoms with Crippen molar-refractivity contribution in [1.82, 2.24) is 5.32 Å². The van der Waals surface area contributed by atoms with E-state index in [1.807, 2.05) is 6.07 Å². The third-order valence-corrected chi connectivity index (χ3v) is 3.46. The topological polar surface area (TPSA) is 41.5 Å². The highest BCUT2D eigenvalue weighted by molar-refractivity contribution is 5.52. The van der Waals surface area contributed by atoms with Crippen LogP contribution in [-0.2, 0) is 0 Å². The summed E-state index contributed by atoms with van der Waals surface area (Å²) in [6.45, 7) is 5.33. The first kappa shape index (κ1) is 12.2. The zero-order chi connectivity index (χ0) is 12.4. The number of phenolic OH excluding ortho intramolecular Hbond substituents is 1. The van der Waals surface area contributed by atoms with Gasteiger partial charge in [0.05, 0.1) is 7.11 Å². The largest absolute Gasteiger partial charge is 0.504 e. The molecule has 1 aliphatic rings. The second-order valence-electron chi connectivity index (χ2n) is 4.92. The fourth-order valence-electron chi connectivity index (χ4n) is 2.57. The molecule has 1 aliphatic heterocycles. The number of rotatable bonds is 3. The van der Waals surface area contributed by atoms with Crippen molar-refractivity contribution in [2.45, 2.75) is 38.6 Å². The molecule has 0 aromatic heterocycles. The molecule has 1 unspecified atom stereocenters. The number of methoxy groups -OCH3 is 1. The van der Waals surface area contributed by atoms with Crippen LogP contribution in [0, 0.1) is 0 Å². The summed E-state index contributed by atoms with van der Waals surface area (Å²) in [5.41, 5.74) is 2.24. The van der Waals surface area contributed by atoms with Gasteiger partial charge in [-0.15, -0.1) is 0 Å². The Kier molecular flexibility index (Phi) is 3.57. The Hall–Kier alpha value is -1.22. The molecule has 2 N–H and O–H groups in total. The predicted octanol–water partition coefficient (Wildman–Crippen LogP) is 2.95. The number of phenols is 1. The summed E-state index contributed by atoms with van der Waals surface area (Å²) in [6, 6.07) is 4.18. The molecule has 1 heterocycles. The summed E-state index contributed by atoms with van der Waals surface area (Å²) in [4.78, 5) is 0. The van der Waals surface area contributed by atoms with E-state index in [1.54, 1.807) is 7.11 Å². The highest BCUT2D eigenvalue weighted by Gasteiger charge is 2.25. The van der Waals surface area contributed by atoms with E-state index in [1.165, 1.54) is 12.0 Å². The summed E-state index contributed by atoms with van der Waals surface area (Å²) >= 11 is 0. The number of ether oxygens (including phenoxy) is 1. The van der Waals surface area contributed by atoms with Gasteiger partial charge in [-0.1, -0.05) is 19.9 Å². The Morgan fingerprint density at radius 2 is 2.18 bits per heavy atom. The number of nitrogens with one attached hydrogen (secondary N) is 1. The Bertz CT molecular complexity index is 395. The van der Waals surface area contributed by atoms with Crippen LogP contribution in [0.5, 0.6) is 11.5 Å². The Morgan fingerprint density at radius 3 is 2.71 bits per heavy atom. The Morgan fingerprint density at radius 1 is 1.41 bits per heavy atom. The molecule has 0 bridgehead atoms. The summed E-state index contributed by atoms with van der Waals surface area (Å²) in [5.74, 6) is 1.28. The van der Waals surface area contributed by atoms with Crippen molar-refractivity contribution in [3.8, 4) is 11.5 Å². The zero-order valence-electron chi connectivity index (χ0n) is 10.8. The molecule has 1 aromatic carbocycles. The van der Waals surface area contributed by atoms with E-state index in [-0.39, 0.29) is 6.04 Å². The lowest BCUT2D eigenvalue weighted by Gasteiger charge is -2.21. The number of aromatic hydroxyl groups is 1. The van der Waals surface area contributed by atoms with Crippen molar-refractivity contribution in [3.63, 3.8) is 0 Å². The van der Waals surface area contributed by atoms with Gasteiger partial charge in [-0.2, -0.15) is 0 Å². The lowest BCUT2D eigenvalue weighted by Crippen LogP contribution is -2.15. The van der Waals surface area contributed by atoms with Gasteiger partial charge in [-0.25, -0.2) is 0 Å². The van der Waals surface area contributed by atoms with E-state index in [4.69, 9.17) is 4.74 Å². The number of hydrogen-bond acceptors (Lipinski definition) is 3. The van der Waals surface area contributed by atoms with Crippen molar-refractivity contribution in [2.24, 2.45) is 0 Å². The first-order chi connectivity index (χ1) is 8.15. The van der Waals surface area contributed by atoms with Crippen molar-refractivity contribution < 1.29 is 9.84 Å². The van der Waals surface area contributed by atoms with Crippen LogP contribution in [0.1, 0.15) is 49.8 Å². The second-order valence-corrected chi connectivity index (χ2v) is 4.92. The lowest BCUT2D eigenvalue weighted by atomic mass is 9.91. The molecule has 1 aromatic rings. The van der Waals surface area contributed by atoms with Gasteiger partial charge >= 0.3 is 0 Å². The molecule has 17 heavy (non-hydrogen) atoms. The van der Waals surface area contributed by atoms with E-state index >= 15 is 0 Å². The summed E-state index contributed by atoms with van der Waals surface area (Å²) in [6.07, 6.45) is 2.25. The molecule has 94 valence electrons. The van der Waals surface area contributed by atoms with Crippen LogP contribution in [-0.4, -0.2) is 18.8 Å². The minimum absolute atomic E-state index is 0.266. The maximum atomic E-state index is 10.3. The van der Waals surface area contributed by atoms with E-state index in [2.05, 4.69) is 25.2 Å². The van der Waals surface area contributed by atoms with Gasteiger partial charge < -0.3 is 15.2 Å². The minimum atomic E-state index is 0.266. The monoisotopic (exact) mass is 235 g/mol. The van der Waals surface area contributed by atoms with Crippen LogP contribution in [0.3, 0.4) is 0 Å². The Balaban J connectivity index is 2.50. The van der Waals surface area contributed by atoms with Crippen LogP contribution >= 0.6 is 0 Å². The average Bonchev–Trinajstić information content (AvgIpc) is 2.81. The quantitative estimate of drug-likeness (QED) is 0.846. The van der Waals surface area contributed by atoms with Gasteiger partial charge in [0.1, 0.15) is 0 Å². The fraction of sp³-hybridized carbons (Fsp3) is 0.571. The molecule has 0 radical (unpaired) electrons. The standard InChI is InChI=1S/C14H21NO2/c1-9(2)10-6-7-12(17-3)14(16)13(10)11-5-4-8-15-11/h6-7,9,11,15-16H,4-5,8H2,1-3H3. The van der Waals surface area contributed by atoms with Gasteiger partial charge in [-0.05, 0) is 36.9 Å². The Labute approximate surface area is 103 Å². The molecule has 2 rings (SSSR count). The van der Waals surface area contributed by atoms with Gasteiger partial charge in [-0.3, -0.25) is 0 Å². The van der Waals surface area contributed by atoms with Crippen LogP contribution < -0.4 is 10.1 Å². The van der Waals surface area contributed by atoms with Gasteiger partial charge in [0.2, 0.25) is 0 Å². The summed E-state index contributed by atoms with van der Waals surface area (Å²) in [5, 5.41) is 13.8. The van der Waals surface area contributed by atoms with Crippen LogP contribution in [0.25, 0.3) is 0 Å². The molecule has 0 amide bonds. The maximum Gasteiger partial charge on any atom is 0.162 e. The van der Waals surface area contributed by atoms with E-state index in [0.717, 1.165) is 18.5 Å². The first-order valence-corrected chi connectivity index (χ1v) is 6.28. The van der Waals surface area contributed by atoms with E-state index in [0.29, 0.717) is 17.4 Å². The molecule has 0 saturated carbocycles. The predicted molar refractivity (Wildman–Crippen MR) is 68.7 cm³/mol. The van der Waals surface area contributed by atoms with Crippen molar-refractivity contribution in [3.05, 3.63) is 23.3 Å². The molecule has 0 aliphatic carbocycles. The zero-order valence-corrected chi connectivity index (χ0v) is 10.8. The van der Waals surface area contributed by atoms with E-state index in [9.17, 15) is 5.11 Å². The summed E-state index contributed by atoms with van der Waals surface area (Å²) in [7, 11) is 1.59. The molecular formula is C14H21NO2. The third-order valence-electron chi connectivity index (χ3n) is 3.46. The normalized spacial score (nSPS) is 19.9. The number of hydrogen-bond donors (Lipinski definition) is 2. The maximum absolute atomic E-state index is 10.3. The highest BCUT2D eigenvalue weighted by atomic mass is 16.5. The van der Waals surface area contributed by atoms with Crippen molar-refractivity contribution in [1.29, 1.82) is 0 Å². The molecule has 0 spiro atoms. The molecular weight excluding hydrogens is 214 g/mol. The average molecular weight is 235 g/mol. The molecule has 1 saturated heterocycles. The SMILES string of the molecule is COc1ccc(C(C)C)c(C2CCCN2)c1O. The van der Waals surface area contributed by atoms with Crippen molar-refractivity contribution >= 4 is 0 Å². The second kappa shape index (κ2) is 4.96. The molecule has 3 heteroatoms. The molecule has 1 atom stereocenters. The van der Waals surface area contributed by atoms with Crippen molar-refractivity contribution in [2.75, 3.05) is 13.7 Å². The summed E-state index contributed by atoms with van der Waals surface area (Å²) < 4.78 is 5.20. The van der Waals surface area contributed by atoms with Crippen LogP contribution in [0.2, 0.25) is 0 Å². The highest BCUT2D eigenvalue weighted by Crippen LogP contribution is 2.41. The van der Waals surface area contributed by atoms with E-state index < -0.39 is 0 Å². The van der Waals surface area contributed by atoms with Crippen LogP contribution in [0.15, 0.2) is 12.1 Å². The minimum Gasteiger partial charge on any atom is -0.504 e. The lowest BCUT2D eigenvalue weighted by molar-refractivity contribution is 0.366.